The van der Waals surface area contributed by atoms with Gasteiger partial charge in [0.1, 0.15) is 0 Å². The van der Waals surface area contributed by atoms with Crippen LogP contribution in [-0.4, -0.2) is 31.6 Å². The third-order valence-corrected chi connectivity index (χ3v) is 0.524. The highest BCUT2D eigenvalue weighted by Gasteiger charge is 1.96. The summed E-state index contributed by atoms with van der Waals surface area (Å²) in [5.41, 5.74) is 0. The predicted molar refractivity (Wildman–Crippen MR) is 45.6 cm³/mol. The van der Waals surface area contributed by atoms with Gasteiger partial charge < -0.3 is 14.6 Å². The Labute approximate surface area is 69.6 Å². The molecule has 0 aromatic carbocycles. The molecular formula is C7H20O4. The number of aliphatic hydroxyl groups is 1. The van der Waals surface area contributed by atoms with Crippen molar-refractivity contribution in [1.29, 1.82) is 0 Å². The number of carbonyl (C=O) groups is 1. The van der Waals surface area contributed by atoms with Gasteiger partial charge in [-0.1, -0.05) is 7.43 Å². The fourth-order valence-electron chi connectivity index (χ4n) is 0.277. The lowest BCUT2D eigenvalue weighted by Gasteiger charge is -1.98. The number of hydrogen-bond acceptors (Lipinski definition) is 4. The highest BCUT2D eigenvalue weighted by molar-refractivity contribution is 5.59. The average Bonchev–Trinajstić information content (AvgIpc) is 1.93. The topological polar surface area (TPSA) is 55.8 Å². The summed E-state index contributed by atoms with van der Waals surface area (Å²) in [6, 6.07) is 0. The number of aliphatic hydroxyl groups excluding tert-OH is 1. The summed E-state index contributed by atoms with van der Waals surface area (Å²) in [4.78, 5) is 10.2. The van der Waals surface area contributed by atoms with Crippen molar-refractivity contribution in [3.63, 3.8) is 0 Å². The maximum Gasteiger partial charge on any atom is 0.508 e. The van der Waals surface area contributed by atoms with Gasteiger partial charge in [-0.2, -0.15) is 0 Å². The van der Waals surface area contributed by atoms with Crippen LogP contribution in [0.2, 0.25) is 0 Å². The Bertz CT molecular complexity index is 69.8. The molecule has 0 aliphatic rings. The average molecular weight is 168 g/mol. The monoisotopic (exact) mass is 168 g/mol. The second-order valence-electron chi connectivity index (χ2n) is 1.12. The largest absolute Gasteiger partial charge is 0.508 e. The molecule has 0 rings (SSSR count). The molecule has 72 valence electrons. The summed E-state index contributed by atoms with van der Waals surface area (Å²) in [6.07, 6.45) is -0.588. The van der Waals surface area contributed by atoms with E-state index in [1.54, 1.807) is 13.8 Å². The molecule has 0 spiro atoms. The van der Waals surface area contributed by atoms with Crippen molar-refractivity contribution in [2.24, 2.45) is 0 Å². The Morgan fingerprint density at radius 2 is 1.55 bits per heavy atom. The first-order valence-electron chi connectivity index (χ1n) is 3.05. The number of rotatable bonds is 2. The summed E-state index contributed by atoms with van der Waals surface area (Å²) in [6.45, 7) is 4.21. The summed E-state index contributed by atoms with van der Waals surface area (Å²) >= 11 is 0. The van der Waals surface area contributed by atoms with Crippen LogP contribution in [0.5, 0.6) is 0 Å². The molecule has 0 aromatic rings. The standard InChI is InChI=1S/C5H10O3.CH4O.CH4.H2/c1-3-7-5(6)8-4-2;1-2;;/h3-4H2,1-2H3;2H,1H3;1H4;1H. The molecule has 0 radical (unpaired) electrons. The summed E-state index contributed by atoms with van der Waals surface area (Å²) in [5.74, 6) is 0. The molecule has 1 N–H and O–H groups in total. The quantitative estimate of drug-likeness (QED) is 0.637. The first kappa shape index (κ1) is 16.7. The van der Waals surface area contributed by atoms with Crippen molar-refractivity contribution in [2.45, 2.75) is 21.3 Å². The van der Waals surface area contributed by atoms with Crippen LogP contribution in [0.25, 0.3) is 0 Å². The minimum atomic E-state index is -0.588. The summed E-state index contributed by atoms with van der Waals surface area (Å²) in [7, 11) is 1.00. The second kappa shape index (κ2) is 16.1. The maximum atomic E-state index is 10.2. The minimum Gasteiger partial charge on any atom is -0.435 e. The molecule has 0 unspecified atom stereocenters. The molecule has 0 fully saturated rings. The zero-order chi connectivity index (χ0) is 8.41. The van der Waals surface area contributed by atoms with Gasteiger partial charge in [-0.05, 0) is 13.8 Å². The van der Waals surface area contributed by atoms with Crippen molar-refractivity contribution in [1.82, 2.24) is 0 Å². The van der Waals surface area contributed by atoms with Crippen molar-refractivity contribution >= 4 is 6.16 Å². The highest BCUT2D eigenvalue weighted by atomic mass is 16.7. The van der Waals surface area contributed by atoms with Crippen molar-refractivity contribution in [2.75, 3.05) is 20.3 Å². The fourth-order valence-corrected chi connectivity index (χ4v) is 0.277. The highest BCUT2D eigenvalue weighted by Crippen LogP contribution is 1.81. The summed E-state index contributed by atoms with van der Waals surface area (Å²) < 4.78 is 8.84. The summed E-state index contributed by atoms with van der Waals surface area (Å²) in [5, 5.41) is 7.00. The van der Waals surface area contributed by atoms with Crippen LogP contribution < -0.4 is 0 Å². The lowest BCUT2D eigenvalue weighted by molar-refractivity contribution is 0.0630. The third-order valence-electron chi connectivity index (χ3n) is 0.524. The SMILES string of the molecule is C.CCOC(=O)OCC.CO.[HH]. The molecule has 0 amide bonds. The van der Waals surface area contributed by atoms with Gasteiger partial charge in [0.15, 0.2) is 0 Å². The van der Waals surface area contributed by atoms with E-state index in [0.717, 1.165) is 7.11 Å². The lowest BCUT2D eigenvalue weighted by Crippen LogP contribution is -2.05. The Morgan fingerprint density at radius 1 is 1.27 bits per heavy atom. The smallest absolute Gasteiger partial charge is 0.435 e. The van der Waals surface area contributed by atoms with Crippen molar-refractivity contribution in [3.8, 4) is 0 Å². The van der Waals surface area contributed by atoms with Gasteiger partial charge in [0.05, 0.1) is 13.2 Å². The van der Waals surface area contributed by atoms with Crippen LogP contribution in [0.1, 0.15) is 22.7 Å². The number of ether oxygens (including phenoxy) is 2. The Hall–Kier alpha value is -0.770. The Kier molecular flexibility index (Phi) is 24.4. The third kappa shape index (κ3) is 17.6. The van der Waals surface area contributed by atoms with E-state index >= 15 is 0 Å². The van der Waals surface area contributed by atoms with Crippen LogP contribution in [0.4, 0.5) is 4.79 Å². The zero-order valence-corrected chi connectivity index (χ0v) is 6.59. The Morgan fingerprint density at radius 3 is 1.73 bits per heavy atom. The zero-order valence-electron chi connectivity index (χ0n) is 6.59. The molecule has 4 heteroatoms. The second-order valence-corrected chi connectivity index (χ2v) is 1.12. The van der Waals surface area contributed by atoms with Crippen LogP contribution in [0.3, 0.4) is 0 Å². The van der Waals surface area contributed by atoms with E-state index in [2.05, 4.69) is 9.47 Å². The van der Waals surface area contributed by atoms with E-state index in [9.17, 15) is 4.79 Å². The van der Waals surface area contributed by atoms with Gasteiger partial charge in [0.25, 0.3) is 0 Å². The molecule has 4 nitrogen and oxygen atoms in total. The molecule has 0 heterocycles. The van der Waals surface area contributed by atoms with Gasteiger partial charge >= 0.3 is 6.16 Å². The number of carbonyl (C=O) groups excluding carboxylic acids is 1. The van der Waals surface area contributed by atoms with E-state index in [1.807, 2.05) is 0 Å². The molecule has 0 bridgehead atoms. The Balaban J connectivity index is -0.0000000740. The van der Waals surface area contributed by atoms with Gasteiger partial charge in [-0.15, -0.1) is 0 Å². The van der Waals surface area contributed by atoms with E-state index in [4.69, 9.17) is 5.11 Å². The van der Waals surface area contributed by atoms with E-state index in [-0.39, 0.29) is 8.85 Å². The van der Waals surface area contributed by atoms with Crippen molar-refractivity contribution in [3.05, 3.63) is 0 Å². The van der Waals surface area contributed by atoms with Crippen LogP contribution in [0.15, 0.2) is 0 Å². The number of hydrogen-bond donors (Lipinski definition) is 1. The van der Waals surface area contributed by atoms with Gasteiger partial charge in [-0.25, -0.2) is 4.79 Å². The van der Waals surface area contributed by atoms with Gasteiger partial charge in [0, 0.05) is 8.54 Å². The van der Waals surface area contributed by atoms with Crippen LogP contribution in [-0.2, 0) is 9.47 Å². The molecule has 0 aliphatic carbocycles. The van der Waals surface area contributed by atoms with Crippen LogP contribution >= 0.6 is 0 Å². The van der Waals surface area contributed by atoms with Crippen LogP contribution in [0, 0.1) is 0 Å². The first-order chi connectivity index (χ1) is 4.81. The van der Waals surface area contributed by atoms with E-state index in [0.29, 0.717) is 13.2 Å². The molecule has 0 saturated carbocycles. The molecule has 0 saturated heterocycles. The van der Waals surface area contributed by atoms with Gasteiger partial charge in [0.2, 0.25) is 0 Å². The maximum absolute atomic E-state index is 10.2. The lowest BCUT2D eigenvalue weighted by atomic mass is 10.8. The van der Waals surface area contributed by atoms with Gasteiger partial charge in [-0.3, -0.25) is 0 Å². The first-order valence-corrected chi connectivity index (χ1v) is 3.05. The molecule has 0 aromatic heterocycles. The predicted octanol–water partition coefficient (Wildman–Crippen LogP) is 1.67. The minimum absolute atomic E-state index is 0. The fraction of sp³-hybridized carbons (Fsp3) is 0.857. The molecular weight excluding hydrogens is 148 g/mol. The molecule has 0 atom stereocenters. The van der Waals surface area contributed by atoms with E-state index < -0.39 is 6.16 Å². The van der Waals surface area contributed by atoms with E-state index in [1.165, 1.54) is 0 Å². The normalized spacial score (nSPS) is 6.55. The molecule has 11 heavy (non-hydrogen) atoms. The van der Waals surface area contributed by atoms with Crippen molar-refractivity contribution < 1.29 is 20.8 Å². The molecule has 0 aliphatic heterocycles.